The van der Waals surface area contributed by atoms with Gasteiger partial charge in [0.2, 0.25) is 0 Å². The Morgan fingerprint density at radius 1 is 1.33 bits per heavy atom. The third-order valence-corrected chi connectivity index (χ3v) is 3.11. The summed E-state index contributed by atoms with van der Waals surface area (Å²) in [5, 5.41) is 0. The average Bonchev–Trinajstić information content (AvgIpc) is 1.98. The number of rotatable bonds is 4. The van der Waals surface area contributed by atoms with E-state index in [1.54, 1.807) is 11.8 Å². The minimum absolute atomic E-state index is 0.532. The van der Waals surface area contributed by atoms with Gasteiger partial charge in [0.15, 0.2) is 0 Å². The Balaban J connectivity index is 4.24. The third kappa shape index (κ3) is 3.82. The SMILES string of the molecule is C=C(C)/C(=C/C)SC(=C)C(C)C. The van der Waals surface area contributed by atoms with Gasteiger partial charge in [-0.2, -0.15) is 0 Å². The van der Waals surface area contributed by atoms with E-state index < -0.39 is 0 Å². The van der Waals surface area contributed by atoms with Crippen LogP contribution < -0.4 is 0 Å². The lowest BCUT2D eigenvalue weighted by atomic mass is 10.2. The summed E-state index contributed by atoms with van der Waals surface area (Å²) in [5.41, 5.74) is 1.12. The van der Waals surface area contributed by atoms with Crippen LogP contribution in [0.2, 0.25) is 0 Å². The molecule has 0 aliphatic carbocycles. The van der Waals surface area contributed by atoms with Crippen LogP contribution in [0.25, 0.3) is 0 Å². The predicted octanol–water partition coefficient (Wildman–Crippen LogP) is 4.37. The quantitative estimate of drug-likeness (QED) is 0.582. The molecule has 0 saturated carbocycles. The van der Waals surface area contributed by atoms with E-state index in [0.717, 1.165) is 5.57 Å². The van der Waals surface area contributed by atoms with E-state index in [1.807, 2.05) is 13.8 Å². The van der Waals surface area contributed by atoms with Gasteiger partial charge in [0.25, 0.3) is 0 Å². The molecule has 0 amide bonds. The van der Waals surface area contributed by atoms with E-state index in [-0.39, 0.29) is 0 Å². The van der Waals surface area contributed by atoms with E-state index in [1.165, 1.54) is 9.81 Å². The Morgan fingerprint density at radius 2 is 1.83 bits per heavy atom. The molecule has 0 aromatic carbocycles. The highest BCUT2D eigenvalue weighted by atomic mass is 32.2. The average molecular weight is 182 g/mol. The molecule has 0 rings (SSSR count). The van der Waals surface area contributed by atoms with Crippen molar-refractivity contribution in [1.82, 2.24) is 0 Å². The number of hydrogen-bond donors (Lipinski definition) is 0. The Kier molecular flexibility index (Phi) is 5.07. The molecule has 0 unspecified atom stereocenters. The maximum atomic E-state index is 4.01. The van der Waals surface area contributed by atoms with Crippen LogP contribution in [0, 0.1) is 5.92 Å². The molecule has 0 bridgehead atoms. The molecule has 68 valence electrons. The van der Waals surface area contributed by atoms with Crippen LogP contribution in [0.15, 0.2) is 34.6 Å². The molecule has 0 atom stereocenters. The molecule has 0 N–H and O–H groups in total. The fourth-order valence-electron chi connectivity index (χ4n) is 0.652. The maximum absolute atomic E-state index is 4.01. The first-order valence-electron chi connectivity index (χ1n) is 4.17. The molecular weight excluding hydrogens is 164 g/mol. The fourth-order valence-corrected chi connectivity index (χ4v) is 1.46. The molecule has 0 radical (unpaired) electrons. The van der Waals surface area contributed by atoms with Gasteiger partial charge in [-0.3, -0.25) is 0 Å². The first-order valence-corrected chi connectivity index (χ1v) is 4.99. The fraction of sp³-hybridized carbons (Fsp3) is 0.455. The standard InChI is InChI=1S/C11H18S/c1-7-11(9(4)5)12-10(6)8(2)3/h7-8H,4,6H2,1-3,5H3/b11-7-. The summed E-state index contributed by atoms with van der Waals surface area (Å²) in [6.07, 6.45) is 2.08. The zero-order valence-electron chi connectivity index (χ0n) is 8.48. The molecule has 0 nitrogen and oxygen atoms in total. The first-order chi connectivity index (χ1) is 5.49. The third-order valence-electron chi connectivity index (χ3n) is 1.57. The second kappa shape index (κ2) is 5.26. The Labute approximate surface area is 80.4 Å². The van der Waals surface area contributed by atoms with Gasteiger partial charge < -0.3 is 0 Å². The molecule has 1 heteroatoms. The monoisotopic (exact) mass is 182 g/mol. The van der Waals surface area contributed by atoms with Gasteiger partial charge in [-0.05, 0) is 30.2 Å². The van der Waals surface area contributed by atoms with Gasteiger partial charge in [0.05, 0.1) is 0 Å². The van der Waals surface area contributed by atoms with Crippen LogP contribution in [0.1, 0.15) is 27.7 Å². The van der Waals surface area contributed by atoms with Gasteiger partial charge in [0, 0.05) is 4.91 Å². The van der Waals surface area contributed by atoms with Crippen molar-refractivity contribution in [2.24, 2.45) is 5.92 Å². The number of allylic oxidation sites excluding steroid dienone is 3. The first kappa shape index (κ1) is 11.6. The van der Waals surface area contributed by atoms with Crippen molar-refractivity contribution in [3.63, 3.8) is 0 Å². The predicted molar refractivity (Wildman–Crippen MR) is 60.1 cm³/mol. The molecule has 0 aromatic heterocycles. The van der Waals surface area contributed by atoms with Crippen LogP contribution >= 0.6 is 11.8 Å². The summed E-state index contributed by atoms with van der Waals surface area (Å²) >= 11 is 1.73. The van der Waals surface area contributed by atoms with Gasteiger partial charge in [-0.15, -0.1) is 0 Å². The summed E-state index contributed by atoms with van der Waals surface area (Å²) in [6.45, 7) is 16.3. The minimum atomic E-state index is 0.532. The number of hydrogen-bond acceptors (Lipinski definition) is 1. The Morgan fingerprint density at radius 3 is 2.08 bits per heavy atom. The molecular formula is C11H18S. The maximum Gasteiger partial charge on any atom is 0.00991 e. The van der Waals surface area contributed by atoms with E-state index in [9.17, 15) is 0 Å². The van der Waals surface area contributed by atoms with E-state index in [0.29, 0.717) is 5.92 Å². The summed E-state index contributed by atoms with van der Waals surface area (Å²) in [7, 11) is 0. The van der Waals surface area contributed by atoms with Gasteiger partial charge in [-0.25, -0.2) is 0 Å². The van der Waals surface area contributed by atoms with Crippen LogP contribution in [-0.2, 0) is 0 Å². The van der Waals surface area contributed by atoms with Crippen LogP contribution in [0.4, 0.5) is 0 Å². The van der Waals surface area contributed by atoms with E-state index in [2.05, 4.69) is 33.1 Å². The largest absolute Gasteiger partial charge is 0.0950 e. The van der Waals surface area contributed by atoms with Crippen LogP contribution in [0.3, 0.4) is 0 Å². The topological polar surface area (TPSA) is 0 Å². The zero-order valence-corrected chi connectivity index (χ0v) is 9.29. The second-order valence-electron chi connectivity index (χ2n) is 3.16. The van der Waals surface area contributed by atoms with Gasteiger partial charge in [0.1, 0.15) is 0 Å². The van der Waals surface area contributed by atoms with Crippen LogP contribution in [-0.4, -0.2) is 0 Å². The van der Waals surface area contributed by atoms with Crippen molar-refractivity contribution in [1.29, 1.82) is 0 Å². The smallest absolute Gasteiger partial charge is 0.00991 e. The summed E-state index contributed by atoms with van der Waals surface area (Å²) in [4.78, 5) is 2.43. The van der Waals surface area contributed by atoms with Gasteiger partial charge >= 0.3 is 0 Å². The van der Waals surface area contributed by atoms with Gasteiger partial charge in [-0.1, -0.05) is 44.8 Å². The molecule has 0 aliphatic rings. The van der Waals surface area contributed by atoms with Crippen molar-refractivity contribution in [3.05, 3.63) is 34.6 Å². The molecule has 0 saturated heterocycles. The lowest BCUT2D eigenvalue weighted by Crippen LogP contribution is -1.88. The molecule has 0 fully saturated rings. The molecule has 0 aliphatic heterocycles. The van der Waals surface area contributed by atoms with E-state index in [4.69, 9.17) is 0 Å². The lowest BCUT2D eigenvalue weighted by molar-refractivity contribution is 0.820. The van der Waals surface area contributed by atoms with E-state index >= 15 is 0 Å². The minimum Gasteiger partial charge on any atom is -0.0950 e. The molecule has 0 heterocycles. The highest BCUT2D eigenvalue weighted by Crippen LogP contribution is 2.32. The Hall–Kier alpha value is -0.430. The van der Waals surface area contributed by atoms with Crippen molar-refractivity contribution < 1.29 is 0 Å². The van der Waals surface area contributed by atoms with Crippen LogP contribution in [0.5, 0.6) is 0 Å². The summed E-state index contributed by atoms with van der Waals surface area (Å²) < 4.78 is 0. The molecule has 12 heavy (non-hydrogen) atoms. The zero-order chi connectivity index (χ0) is 9.72. The lowest BCUT2D eigenvalue weighted by Gasteiger charge is -2.11. The summed E-state index contributed by atoms with van der Waals surface area (Å²) in [6, 6.07) is 0. The Bertz CT molecular complexity index is 209. The second-order valence-corrected chi connectivity index (χ2v) is 4.32. The molecule has 0 aromatic rings. The molecule has 0 spiro atoms. The van der Waals surface area contributed by atoms with Crippen molar-refractivity contribution in [2.45, 2.75) is 27.7 Å². The van der Waals surface area contributed by atoms with Crippen molar-refractivity contribution in [3.8, 4) is 0 Å². The highest BCUT2D eigenvalue weighted by molar-refractivity contribution is 8.06. The number of thioether (sulfide) groups is 1. The van der Waals surface area contributed by atoms with Crippen molar-refractivity contribution >= 4 is 11.8 Å². The highest BCUT2D eigenvalue weighted by Gasteiger charge is 2.04. The normalized spacial score (nSPS) is 11.9. The van der Waals surface area contributed by atoms with Crippen molar-refractivity contribution in [2.75, 3.05) is 0 Å². The summed E-state index contributed by atoms with van der Waals surface area (Å²) in [5.74, 6) is 0.532.